The molecular formula is C28H29NO10S-2. The Morgan fingerprint density at radius 3 is 2.30 bits per heavy atom. The van der Waals surface area contributed by atoms with E-state index < -0.39 is 11.9 Å². The SMILES string of the molecule is COC1C=C2CN(C(=O)CCC(=O)[O-])CC2=CC1OCCCOc1cc2cc(C(=O)CCC(=O)[O-])sc2cc1O. The highest BCUT2D eigenvalue weighted by molar-refractivity contribution is 7.20. The summed E-state index contributed by atoms with van der Waals surface area (Å²) in [7, 11) is 1.57. The van der Waals surface area contributed by atoms with E-state index in [1.54, 1.807) is 24.1 Å². The zero-order valence-corrected chi connectivity index (χ0v) is 22.7. The molecule has 2 aromatic rings. The van der Waals surface area contributed by atoms with Gasteiger partial charge >= 0.3 is 0 Å². The standard InChI is InChI=1S/C28H31NO10S/c1-37-22-10-17-14-29(26(32)4-6-28(35)36)15-18(17)11-23(22)39-8-2-7-38-21-9-16-12-25(19(30)3-5-27(33)34)40-24(16)13-20(21)31/h9-13,22-23,31H,2-8,14-15H2,1H3,(H,33,34)(H,35,36)/p-2. The molecule has 1 saturated heterocycles. The number of ketones is 1. The lowest BCUT2D eigenvalue weighted by Gasteiger charge is -2.26. The van der Waals surface area contributed by atoms with Gasteiger partial charge in [-0.1, -0.05) is 0 Å². The minimum Gasteiger partial charge on any atom is -0.550 e. The van der Waals surface area contributed by atoms with Gasteiger partial charge in [0.1, 0.15) is 12.2 Å². The summed E-state index contributed by atoms with van der Waals surface area (Å²) in [6.07, 6.45) is 2.74. The lowest BCUT2D eigenvalue weighted by Crippen LogP contribution is -2.31. The Hall–Kier alpha value is -3.74. The zero-order chi connectivity index (χ0) is 28.8. The van der Waals surface area contributed by atoms with Crippen LogP contribution in [0.5, 0.6) is 11.5 Å². The molecule has 2 aliphatic rings. The van der Waals surface area contributed by atoms with Gasteiger partial charge in [-0.25, -0.2) is 0 Å². The van der Waals surface area contributed by atoms with Crippen molar-refractivity contribution in [3.63, 3.8) is 0 Å². The van der Waals surface area contributed by atoms with Gasteiger partial charge in [-0.3, -0.25) is 9.59 Å². The second-order valence-corrected chi connectivity index (χ2v) is 10.6. The number of phenols is 1. The van der Waals surface area contributed by atoms with Crippen LogP contribution in [0.25, 0.3) is 10.1 Å². The lowest BCUT2D eigenvalue weighted by atomic mass is 9.96. The van der Waals surface area contributed by atoms with Crippen LogP contribution < -0.4 is 14.9 Å². The summed E-state index contributed by atoms with van der Waals surface area (Å²) >= 11 is 1.17. The number of aliphatic carboxylic acids is 2. The first-order valence-electron chi connectivity index (χ1n) is 12.8. The molecule has 214 valence electrons. The lowest BCUT2D eigenvalue weighted by molar-refractivity contribution is -0.307. The van der Waals surface area contributed by atoms with Gasteiger partial charge < -0.3 is 44.0 Å². The van der Waals surface area contributed by atoms with Crippen LogP contribution in [0.2, 0.25) is 0 Å². The number of carboxylic acids is 2. The Labute approximate surface area is 234 Å². The number of carboxylic acid groups (broad SMARTS) is 2. The van der Waals surface area contributed by atoms with Crippen LogP contribution in [0.15, 0.2) is 41.5 Å². The molecule has 1 amide bonds. The van der Waals surface area contributed by atoms with Crippen molar-refractivity contribution < 1.29 is 48.7 Å². The van der Waals surface area contributed by atoms with E-state index in [4.69, 9.17) is 14.2 Å². The molecule has 12 heteroatoms. The number of ether oxygens (including phenoxy) is 3. The average molecular weight is 572 g/mol. The number of fused-ring (bicyclic) bond motifs is 2. The van der Waals surface area contributed by atoms with Crippen molar-refractivity contribution >= 4 is 45.1 Å². The second-order valence-electron chi connectivity index (χ2n) is 9.51. The third kappa shape index (κ3) is 7.26. The van der Waals surface area contributed by atoms with E-state index in [0.717, 1.165) is 11.1 Å². The van der Waals surface area contributed by atoms with Gasteiger partial charge in [0.15, 0.2) is 17.3 Å². The molecule has 1 N–H and O–H groups in total. The molecular weight excluding hydrogens is 542 g/mol. The normalized spacial score (nSPS) is 18.3. The maximum Gasteiger partial charge on any atom is 0.223 e. The summed E-state index contributed by atoms with van der Waals surface area (Å²) < 4.78 is 18.0. The maximum absolute atomic E-state index is 12.3. The van der Waals surface area contributed by atoms with Crippen molar-refractivity contribution in [3.05, 3.63) is 46.4 Å². The zero-order valence-electron chi connectivity index (χ0n) is 21.9. The third-order valence-corrected chi connectivity index (χ3v) is 7.78. The number of thiophene rings is 1. The highest BCUT2D eigenvalue weighted by atomic mass is 32.1. The first-order chi connectivity index (χ1) is 19.1. The fourth-order valence-corrected chi connectivity index (χ4v) is 5.62. The first-order valence-corrected chi connectivity index (χ1v) is 13.6. The van der Waals surface area contributed by atoms with Gasteiger partial charge in [-0.2, -0.15) is 0 Å². The number of benzene rings is 1. The number of hydrogen-bond donors (Lipinski definition) is 1. The fraction of sp³-hybridized carbons (Fsp3) is 0.429. The highest BCUT2D eigenvalue weighted by Gasteiger charge is 2.32. The van der Waals surface area contributed by atoms with Crippen LogP contribution in [0.4, 0.5) is 0 Å². The molecule has 1 aliphatic heterocycles. The topological polar surface area (TPSA) is 166 Å². The molecule has 0 spiro atoms. The molecule has 1 aromatic carbocycles. The van der Waals surface area contributed by atoms with Gasteiger partial charge in [0.05, 0.1) is 18.1 Å². The van der Waals surface area contributed by atoms with E-state index in [-0.39, 0.29) is 67.7 Å². The number of aromatic hydroxyl groups is 1. The predicted molar refractivity (Wildman–Crippen MR) is 140 cm³/mol. The molecule has 2 unspecified atom stereocenters. The summed E-state index contributed by atoms with van der Waals surface area (Å²) in [5.74, 6) is -2.89. The molecule has 0 bridgehead atoms. The van der Waals surface area contributed by atoms with Crippen LogP contribution in [0.3, 0.4) is 0 Å². The van der Waals surface area contributed by atoms with E-state index in [0.29, 0.717) is 41.1 Å². The van der Waals surface area contributed by atoms with E-state index in [9.17, 15) is 34.5 Å². The van der Waals surface area contributed by atoms with Gasteiger partial charge in [0.25, 0.3) is 0 Å². The molecule has 11 nitrogen and oxygen atoms in total. The molecule has 4 rings (SSSR count). The number of carbonyl (C=O) groups is 4. The number of methoxy groups -OCH3 is 1. The maximum atomic E-state index is 12.3. The number of amides is 1. The molecule has 1 aromatic heterocycles. The van der Waals surface area contributed by atoms with Crippen LogP contribution in [0, 0.1) is 0 Å². The minimum absolute atomic E-state index is 0.0712. The number of hydrogen-bond acceptors (Lipinski definition) is 11. The smallest absolute Gasteiger partial charge is 0.223 e. The molecule has 2 atom stereocenters. The summed E-state index contributed by atoms with van der Waals surface area (Å²) in [4.78, 5) is 47.8. The Balaban J connectivity index is 1.27. The van der Waals surface area contributed by atoms with E-state index in [1.807, 2.05) is 12.2 Å². The summed E-state index contributed by atoms with van der Waals surface area (Å²) in [5.41, 5.74) is 1.91. The molecule has 0 radical (unpaired) electrons. The number of rotatable bonds is 14. The van der Waals surface area contributed by atoms with Crippen LogP contribution >= 0.6 is 11.3 Å². The minimum atomic E-state index is -1.28. The molecule has 1 aliphatic carbocycles. The van der Waals surface area contributed by atoms with Crippen molar-refractivity contribution in [2.45, 2.75) is 44.3 Å². The van der Waals surface area contributed by atoms with E-state index in [1.165, 1.54) is 17.4 Å². The third-order valence-electron chi connectivity index (χ3n) is 6.64. The summed E-state index contributed by atoms with van der Waals surface area (Å²) in [5, 5.41) is 32.3. The highest BCUT2D eigenvalue weighted by Crippen LogP contribution is 2.36. The number of likely N-dealkylation sites (tertiary alicyclic amines) is 1. The van der Waals surface area contributed by atoms with Gasteiger partial charge in [0, 0.05) is 62.2 Å². The van der Waals surface area contributed by atoms with Crippen LogP contribution in [-0.2, 0) is 23.9 Å². The number of nitrogens with zero attached hydrogens (tertiary/aromatic N) is 1. The largest absolute Gasteiger partial charge is 0.550 e. The van der Waals surface area contributed by atoms with Crippen LogP contribution in [0.1, 0.15) is 41.8 Å². The molecule has 40 heavy (non-hydrogen) atoms. The first kappa shape index (κ1) is 29.2. The van der Waals surface area contributed by atoms with Crippen molar-refractivity contribution in [2.75, 3.05) is 33.4 Å². The molecule has 2 heterocycles. The molecule has 0 saturated carbocycles. The predicted octanol–water partition coefficient (Wildman–Crippen LogP) is 0.728. The molecule has 1 fully saturated rings. The fourth-order valence-electron chi connectivity index (χ4n) is 4.57. The number of carbonyl (C=O) groups excluding carboxylic acids is 4. The van der Waals surface area contributed by atoms with Gasteiger partial charge in [-0.05, 0) is 53.7 Å². The Morgan fingerprint density at radius 1 is 0.950 bits per heavy atom. The van der Waals surface area contributed by atoms with Crippen molar-refractivity contribution in [3.8, 4) is 11.5 Å². The van der Waals surface area contributed by atoms with Crippen molar-refractivity contribution in [2.24, 2.45) is 0 Å². The second kappa shape index (κ2) is 13.1. The van der Waals surface area contributed by atoms with E-state index >= 15 is 0 Å². The van der Waals surface area contributed by atoms with Crippen LogP contribution in [-0.4, -0.2) is 79.3 Å². The summed E-state index contributed by atoms with van der Waals surface area (Å²) in [6.45, 7) is 1.37. The Kier molecular flexibility index (Phi) is 9.56. The Bertz CT molecular complexity index is 1360. The summed E-state index contributed by atoms with van der Waals surface area (Å²) in [6, 6.07) is 4.80. The quantitative estimate of drug-likeness (QED) is 0.252. The Morgan fingerprint density at radius 2 is 1.62 bits per heavy atom. The van der Waals surface area contributed by atoms with E-state index in [2.05, 4.69) is 0 Å². The monoisotopic (exact) mass is 571 g/mol. The van der Waals surface area contributed by atoms with Crippen molar-refractivity contribution in [1.29, 1.82) is 0 Å². The van der Waals surface area contributed by atoms with Crippen molar-refractivity contribution in [1.82, 2.24) is 4.90 Å². The van der Waals surface area contributed by atoms with Gasteiger partial charge in [0.2, 0.25) is 5.91 Å². The number of phenolic OH excluding ortho intramolecular Hbond substituents is 1. The average Bonchev–Trinajstić information content (AvgIpc) is 3.53. The number of Topliss-reactive ketones (excluding diaryl/α,β-unsaturated/α-hetero) is 1. The van der Waals surface area contributed by atoms with Gasteiger partial charge in [-0.15, -0.1) is 11.3 Å².